The van der Waals surface area contributed by atoms with Gasteiger partial charge < -0.3 is 36.2 Å². The Kier molecular flexibility index (Phi) is 5.54. The number of carbonyl (C=O) groups is 3. The molecular weight excluding hydrogens is 338 g/mol. The molecule has 25 heavy (non-hydrogen) atoms. The average molecular weight is 357 g/mol. The number of nitrogens with zero attached hydrogens (tertiary/aromatic N) is 2. The molecule has 1 aromatic heterocycles. The van der Waals surface area contributed by atoms with Gasteiger partial charge in [-0.15, -0.1) is 0 Å². The number of aliphatic hydroxyl groups excluding tert-OH is 1. The fourth-order valence-corrected chi connectivity index (χ4v) is 2.08. The van der Waals surface area contributed by atoms with E-state index in [2.05, 4.69) is 20.8 Å². The van der Waals surface area contributed by atoms with Crippen molar-refractivity contribution in [2.75, 3.05) is 6.61 Å². The number of aliphatic hydroxyl groups is 1. The zero-order valence-electron chi connectivity index (χ0n) is 13.1. The lowest BCUT2D eigenvalue weighted by Gasteiger charge is -2.17. The number of hydrogen-bond donors (Lipinski definition) is 6. The molecule has 0 aliphatic heterocycles. The Morgan fingerprint density at radius 1 is 1.32 bits per heavy atom. The van der Waals surface area contributed by atoms with Crippen molar-refractivity contribution in [3.8, 4) is 0 Å². The first-order chi connectivity index (χ1) is 11.8. The molecule has 2 atom stereocenters. The highest BCUT2D eigenvalue weighted by molar-refractivity contribution is 5.89. The van der Waals surface area contributed by atoms with Crippen LogP contribution in [0, 0.1) is 0 Å². The number of aromatic nitrogens is 2. The minimum atomic E-state index is -1.29. The van der Waals surface area contributed by atoms with E-state index < -0.39 is 42.2 Å². The molecule has 1 aliphatic carbocycles. The summed E-state index contributed by atoms with van der Waals surface area (Å²) in [4.78, 5) is 37.9. The van der Waals surface area contributed by atoms with Gasteiger partial charge >= 0.3 is 18.0 Å². The van der Waals surface area contributed by atoms with Crippen molar-refractivity contribution in [1.29, 1.82) is 0 Å². The second-order valence-corrected chi connectivity index (χ2v) is 5.75. The summed E-state index contributed by atoms with van der Waals surface area (Å²) in [6.07, 6.45) is 0.273. The maximum Gasteiger partial charge on any atom is 0.329 e. The third-order valence-corrected chi connectivity index (χ3v) is 3.75. The molecule has 12 heteroatoms. The van der Waals surface area contributed by atoms with E-state index in [0.29, 0.717) is 12.8 Å². The molecule has 0 aromatic carbocycles. The lowest BCUT2D eigenvalue weighted by atomic mass is 10.1. The predicted molar refractivity (Wildman–Crippen MR) is 79.2 cm³/mol. The van der Waals surface area contributed by atoms with Crippen LogP contribution in [0.2, 0.25) is 0 Å². The predicted octanol–water partition coefficient (Wildman–Crippen LogP) is -1.12. The first-order valence-corrected chi connectivity index (χ1v) is 7.51. The van der Waals surface area contributed by atoms with Crippen molar-refractivity contribution in [2.24, 2.45) is 5.73 Å². The van der Waals surface area contributed by atoms with Gasteiger partial charge in [-0.2, -0.15) is 4.98 Å². The van der Waals surface area contributed by atoms with Gasteiger partial charge in [-0.05, 0) is 19.3 Å². The van der Waals surface area contributed by atoms with E-state index >= 15 is 0 Å². The summed E-state index contributed by atoms with van der Waals surface area (Å²) in [6.45, 7) is -0.423. The zero-order valence-corrected chi connectivity index (χ0v) is 13.1. The molecule has 1 aromatic rings. The third kappa shape index (κ3) is 4.64. The first-order valence-electron chi connectivity index (χ1n) is 7.51. The van der Waals surface area contributed by atoms with Crippen molar-refractivity contribution >= 4 is 18.0 Å². The molecule has 0 unspecified atom stereocenters. The number of rotatable bonds is 9. The number of aliphatic carboxylic acids is 2. The number of carbonyl (C=O) groups excluding carboxylic acids is 1. The molecule has 0 saturated heterocycles. The molecule has 0 radical (unpaired) electrons. The largest absolute Gasteiger partial charge is 0.481 e. The number of urea groups is 1. The van der Waals surface area contributed by atoms with Crippen LogP contribution in [0.3, 0.4) is 0 Å². The molecule has 1 aliphatic rings. The fourth-order valence-electron chi connectivity index (χ4n) is 2.08. The fraction of sp³-hybridized carbons (Fsp3) is 0.615. The van der Waals surface area contributed by atoms with Crippen LogP contribution >= 0.6 is 0 Å². The van der Waals surface area contributed by atoms with Crippen molar-refractivity contribution in [3.05, 3.63) is 11.7 Å². The third-order valence-electron chi connectivity index (χ3n) is 3.75. The molecule has 12 nitrogen and oxygen atoms in total. The molecule has 1 fully saturated rings. The lowest BCUT2D eigenvalue weighted by molar-refractivity contribution is -0.140. The summed E-state index contributed by atoms with van der Waals surface area (Å²) in [5.41, 5.74) is 4.27. The highest BCUT2D eigenvalue weighted by Crippen LogP contribution is 2.35. The summed E-state index contributed by atoms with van der Waals surface area (Å²) in [5, 5.41) is 35.2. The van der Waals surface area contributed by atoms with Gasteiger partial charge in [0.15, 0.2) is 5.82 Å². The molecule has 138 valence electrons. The second-order valence-electron chi connectivity index (χ2n) is 5.75. The van der Waals surface area contributed by atoms with Gasteiger partial charge in [0.1, 0.15) is 11.6 Å². The van der Waals surface area contributed by atoms with Gasteiger partial charge in [0.2, 0.25) is 5.89 Å². The smallest absolute Gasteiger partial charge is 0.329 e. The minimum Gasteiger partial charge on any atom is -0.481 e. The van der Waals surface area contributed by atoms with Gasteiger partial charge in [-0.25, -0.2) is 9.59 Å². The maximum atomic E-state index is 12.0. The second kappa shape index (κ2) is 7.44. The minimum absolute atomic E-state index is 0.00392. The number of nitrogens with two attached hydrogens (primary N) is 1. The van der Waals surface area contributed by atoms with E-state index in [4.69, 9.17) is 25.6 Å². The van der Waals surface area contributed by atoms with E-state index in [1.165, 1.54) is 0 Å². The highest BCUT2D eigenvalue weighted by atomic mass is 16.5. The van der Waals surface area contributed by atoms with Crippen molar-refractivity contribution < 1.29 is 34.2 Å². The van der Waals surface area contributed by atoms with E-state index in [1.807, 2.05) is 0 Å². The number of hydrogen-bond acceptors (Lipinski definition) is 8. The maximum absolute atomic E-state index is 12.0. The van der Waals surface area contributed by atoms with Crippen LogP contribution in [-0.2, 0) is 9.59 Å². The zero-order chi connectivity index (χ0) is 18.6. The van der Waals surface area contributed by atoms with Gasteiger partial charge in [0.05, 0.1) is 12.6 Å². The quantitative estimate of drug-likeness (QED) is 0.314. The van der Waals surface area contributed by atoms with Crippen molar-refractivity contribution in [3.63, 3.8) is 0 Å². The topological polar surface area (TPSA) is 201 Å². The standard InChI is InChI=1S/C13H19N5O7/c14-6(5-19)9-16-10(25-18-9)7(1-2-8(20)21)15-12(24)17-13(3-4-13)11(22)23/h6-7,19H,1-5,14H2,(H,20,21)(H,22,23)(H2,15,17,24)/t6-,7-/m0/s1. The number of amides is 2. The molecule has 0 spiro atoms. The van der Waals surface area contributed by atoms with Gasteiger partial charge in [0.25, 0.3) is 0 Å². The molecule has 2 amide bonds. The Labute approximate surface area is 141 Å². The highest BCUT2D eigenvalue weighted by Gasteiger charge is 2.51. The van der Waals surface area contributed by atoms with Gasteiger partial charge in [-0.3, -0.25) is 4.79 Å². The monoisotopic (exact) mass is 357 g/mol. The van der Waals surface area contributed by atoms with Crippen LogP contribution in [0.4, 0.5) is 4.79 Å². The average Bonchev–Trinajstić information content (AvgIpc) is 3.17. The Morgan fingerprint density at radius 2 is 2.00 bits per heavy atom. The summed E-state index contributed by atoms with van der Waals surface area (Å²) in [7, 11) is 0. The number of nitrogens with one attached hydrogen (secondary N) is 2. The van der Waals surface area contributed by atoms with Crippen LogP contribution in [0.5, 0.6) is 0 Å². The summed E-state index contributed by atoms with van der Waals surface area (Å²) in [6, 6.07) is -2.62. The lowest BCUT2D eigenvalue weighted by Crippen LogP contribution is -2.48. The van der Waals surface area contributed by atoms with Crippen molar-refractivity contribution in [2.45, 2.75) is 43.3 Å². The van der Waals surface area contributed by atoms with Crippen LogP contribution in [0.25, 0.3) is 0 Å². The van der Waals surface area contributed by atoms with E-state index in [1.54, 1.807) is 0 Å². The van der Waals surface area contributed by atoms with Gasteiger partial charge in [-0.1, -0.05) is 5.16 Å². The molecular formula is C13H19N5O7. The van der Waals surface area contributed by atoms with Crippen LogP contribution in [0.1, 0.15) is 49.5 Å². The number of carboxylic acid groups (broad SMARTS) is 2. The van der Waals surface area contributed by atoms with Crippen LogP contribution in [-0.4, -0.2) is 55.6 Å². The van der Waals surface area contributed by atoms with E-state index in [-0.39, 0.29) is 24.6 Å². The number of carboxylic acids is 2. The first kappa shape index (κ1) is 18.6. The molecule has 1 heterocycles. The van der Waals surface area contributed by atoms with E-state index in [0.717, 1.165) is 0 Å². The Balaban J connectivity index is 2.07. The molecule has 7 N–H and O–H groups in total. The summed E-state index contributed by atoms with van der Waals surface area (Å²) >= 11 is 0. The summed E-state index contributed by atoms with van der Waals surface area (Å²) < 4.78 is 4.97. The SMILES string of the molecule is N[C@@H](CO)c1noc([C@H](CCC(=O)O)NC(=O)NC2(C(=O)O)CC2)n1. The molecule has 2 rings (SSSR count). The van der Waals surface area contributed by atoms with Crippen LogP contribution in [0.15, 0.2) is 4.52 Å². The van der Waals surface area contributed by atoms with Gasteiger partial charge in [0, 0.05) is 6.42 Å². The summed E-state index contributed by atoms with van der Waals surface area (Å²) in [5.74, 6) is -2.32. The Hall–Kier alpha value is -2.73. The Bertz CT molecular complexity index is 657. The van der Waals surface area contributed by atoms with Crippen LogP contribution < -0.4 is 16.4 Å². The molecule has 0 bridgehead atoms. The normalized spacial score (nSPS) is 17.4. The Morgan fingerprint density at radius 3 is 2.52 bits per heavy atom. The van der Waals surface area contributed by atoms with E-state index in [9.17, 15) is 14.4 Å². The molecule has 1 saturated carbocycles. The van der Waals surface area contributed by atoms with Crippen molar-refractivity contribution in [1.82, 2.24) is 20.8 Å².